The molecule has 0 radical (unpaired) electrons. The predicted molar refractivity (Wildman–Crippen MR) is 103 cm³/mol. The third-order valence-electron chi connectivity index (χ3n) is 4.29. The molecule has 0 heterocycles. The fourth-order valence-corrected chi connectivity index (χ4v) is 3.94. The highest BCUT2D eigenvalue weighted by Crippen LogP contribution is 2.35. The van der Waals surface area contributed by atoms with E-state index in [9.17, 15) is 5.26 Å². The fourth-order valence-electron chi connectivity index (χ4n) is 2.90. The lowest BCUT2D eigenvalue weighted by Gasteiger charge is -2.28. The monoisotopic (exact) mass is 338 g/mol. The van der Waals surface area contributed by atoms with Gasteiger partial charge in [-0.2, -0.15) is 5.26 Å². The Morgan fingerprint density at radius 1 is 0.958 bits per heavy atom. The van der Waals surface area contributed by atoms with E-state index in [1.54, 1.807) is 0 Å². The predicted octanol–water partition coefficient (Wildman–Crippen LogP) is 4.97. The summed E-state index contributed by atoms with van der Waals surface area (Å²) in [6.07, 6.45) is 2.81. The number of nitrogens with zero attached hydrogens (tertiary/aromatic N) is 2. The van der Waals surface area contributed by atoms with Crippen LogP contribution in [0.15, 0.2) is 65.6 Å². The third-order valence-corrected chi connectivity index (χ3v) is 5.30. The Hall–Kier alpha value is -1.76. The van der Waals surface area contributed by atoms with Crippen LogP contribution in [0.25, 0.3) is 0 Å². The molecule has 0 aliphatic rings. The zero-order chi connectivity index (χ0) is 17.3. The Morgan fingerprint density at radius 3 is 2.17 bits per heavy atom. The molecule has 0 saturated heterocycles. The molecule has 1 atom stereocenters. The van der Waals surface area contributed by atoms with E-state index in [2.05, 4.69) is 61.5 Å². The van der Waals surface area contributed by atoms with Crippen molar-refractivity contribution in [3.05, 3.63) is 66.2 Å². The van der Waals surface area contributed by atoms with Crippen molar-refractivity contribution in [1.82, 2.24) is 4.90 Å². The Labute approximate surface area is 150 Å². The summed E-state index contributed by atoms with van der Waals surface area (Å²) in [6.45, 7) is 1.02. The molecule has 126 valence electrons. The average molecular weight is 339 g/mol. The lowest BCUT2D eigenvalue weighted by molar-refractivity contribution is 0.364. The molecule has 2 aromatic rings. The van der Waals surface area contributed by atoms with E-state index < -0.39 is 0 Å². The smallest absolute Gasteiger partial charge is 0.0830 e. The summed E-state index contributed by atoms with van der Waals surface area (Å²) >= 11 is 1.84. The SMILES string of the molecule is CN(C)CCCC(C#N)(CCSc1ccccc1)c1ccccc1. The largest absolute Gasteiger partial charge is 0.309 e. The maximum atomic E-state index is 10.0. The van der Waals surface area contributed by atoms with E-state index in [0.29, 0.717) is 0 Å². The van der Waals surface area contributed by atoms with Gasteiger partial charge in [0.05, 0.1) is 11.5 Å². The second-order valence-electron chi connectivity index (χ2n) is 6.38. The molecule has 2 rings (SSSR count). The lowest BCUT2D eigenvalue weighted by atomic mass is 9.76. The first-order chi connectivity index (χ1) is 11.7. The number of nitriles is 1. The van der Waals surface area contributed by atoms with Crippen LogP contribution in [0.4, 0.5) is 0 Å². The van der Waals surface area contributed by atoms with Crippen molar-refractivity contribution >= 4 is 11.8 Å². The van der Waals surface area contributed by atoms with Crippen LogP contribution < -0.4 is 0 Å². The van der Waals surface area contributed by atoms with E-state index >= 15 is 0 Å². The Balaban J connectivity index is 2.08. The molecule has 0 aliphatic carbocycles. The quantitative estimate of drug-likeness (QED) is 0.604. The average Bonchev–Trinajstić information content (AvgIpc) is 2.62. The van der Waals surface area contributed by atoms with Gasteiger partial charge in [-0.15, -0.1) is 11.8 Å². The van der Waals surface area contributed by atoms with Gasteiger partial charge >= 0.3 is 0 Å². The van der Waals surface area contributed by atoms with Crippen molar-refractivity contribution in [3.63, 3.8) is 0 Å². The summed E-state index contributed by atoms with van der Waals surface area (Å²) < 4.78 is 0. The Bertz CT molecular complexity index is 634. The molecule has 0 aromatic heterocycles. The molecule has 0 fully saturated rings. The first-order valence-corrected chi connectivity index (χ1v) is 9.44. The Morgan fingerprint density at radius 2 is 1.58 bits per heavy atom. The summed E-state index contributed by atoms with van der Waals surface area (Å²) in [5.74, 6) is 0.953. The third kappa shape index (κ3) is 5.40. The van der Waals surface area contributed by atoms with Gasteiger partial charge in [0, 0.05) is 4.90 Å². The van der Waals surface area contributed by atoms with E-state index in [1.165, 1.54) is 4.90 Å². The molecule has 2 nitrogen and oxygen atoms in total. The molecular formula is C21H26N2S. The van der Waals surface area contributed by atoms with Gasteiger partial charge in [-0.3, -0.25) is 0 Å². The van der Waals surface area contributed by atoms with Gasteiger partial charge < -0.3 is 4.90 Å². The number of hydrogen-bond donors (Lipinski definition) is 0. The molecule has 0 N–H and O–H groups in total. The number of rotatable bonds is 9. The molecule has 1 unspecified atom stereocenters. The van der Waals surface area contributed by atoms with E-state index in [0.717, 1.165) is 37.1 Å². The molecule has 0 spiro atoms. The van der Waals surface area contributed by atoms with E-state index in [1.807, 2.05) is 36.0 Å². The summed E-state index contributed by atoms with van der Waals surface area (Å²) in [6, 6.07) is 23.4. The van der Waals surface area contributed by atoms with Crippen molar-refractivity contribution in [2.75, 3.05) is 26.4 Å². The molecular weight excluding hydrogens is 312 g/mol. The first-order valence-electron chi connectivity index (χ1n) is 8.46. The van der Waals surface area contributed by atoms with Crippen molar-refractivity contribution in [2.24, 2.45) is 0 Å². The standard InChI is InChI=1S/C21H26N2S/c1-23(2)16-9-14-21(18-22,19-10-5-3-6-11-19)15-17-24-20-12-7-4-8-13-20/h3-8,10-13H,9,14-17H2,1-2H3. The molecule has 2 aromatic carbocycles. The van der Waals surface area contributed by atoms with Crippen molar-refractivity contribution < 1.29 is 0 Å². The van der Waals surface area contributed by atoms with Gasteiger partial charge in [0.1, 0.15) is 0 Å². The van der Waals surface area contributed by atoms with Crippen molar-refractivity contribution in [3.8, 4) is 6.07 Å². The van der Waals surface area contributed by atoms with Gasteiger partial charge in [0.15, 0.2) is 0 Å². The number of thioether (sulfide) groups is 1. The van der Waals surface area contributed by atoms with Gasteiger partial charge in [-0.1, -0.05) is 48.5 Å². The second kappa shape index (κ2) is 9.52. The minimum absolute atomic E-state index is 0.390. The normalized spacial score (nSPS) is 13.4. The van der Waals surface area contributed by atoms with Crippen LogP contribution in [0, 0.1) is 11.3 Å². The molecule has 0 bridgehead atoms. The fraction of sp³-hybridized carbons (Fsp3) is 0.381. The van der Waals surface area contributed by atoms with E-state index in [4.69, 9.17) is 0 Å². The molecule has 3 heteroatoms. The molecule has 24 heavy (non-hydrogen) atoms. The zero-order valence-electron chi connectivity index (χ0n) is 14.6. The van der Waals surface area contributed by atoms with Crippen LogP contribution in [0.3, 0.4) is 0 Å². The summed E-state index contributed by atoms with van der Waals surface area (Å²) in [4.78, 5) is 3.46. The van der Waals surface area contributed by atoms with E-state index in [-0.39, 0.29) is 5.41 Å². The minimum atomic E-state index is -0.390. The molecule has 0 aliphatic heterocycles. The Kier molecular flexibility index (Phi) is 7.36. The summed E-state index contributed by atoms with van der Waals surface area (Å²) in [5, 5.41) is 10.0. The van der Waals surface area contributed by atoms with Crippen LogP contribution >= 0.6 is 11.8 Å². The minimum Gasteiger partial charge on any atom is -0.309 e. The second-order valence-corrected chi connectivity index (χ2v) is 7.55. The maximum Gasteiger partial charge on any atom is 0.0830 e. The van der Waals surface area contributed by atoms with Gasteiger partial charge in [-0.25, -0.2) is 0 Å². The van der Waals surface area contributed by atoms with Gasteiger partial charge in [0.25, 0.3) is 0 Å². The lowest BCUT2D eigenvalue weighted by Crippen LogP contribution is -2.27. The number of benzene rings is 2. The van der Waals surface area contributed by atoms with Gasteiger partial charge in [-0.05, 0) is 63.4 Å². The highest BCUT2D eigenvalue weighted by molar-refractivity contribution is 7.99. The summed E-state index contributed by atoms with van der Waals surface area (Å²) in [7, 11) is 4.17. The maximum absolute atomic E-state index is 10.0. The zero-order valence-corrected chi connectivity index (χ0v) is 15.4. The van der Waals surface area contributed by atoms with Crippen molar-refractivity contribution in [2.45, 2.75) is 29.6 Å². The van der Waals surface area contributed by atoms with Crippen LogP contribution in [0.2, 0.25) is 0 Å². The molecule has 0 amide bonds. The first kappa shape index (κ1) is 18.6. The molecule has 0 saturated carbocycles. The van der Waals surface area contributed by atoms with Crippen molar-refractivity contribution in [1.29, 1.82) is 5.26 Å². The topological polar surface area (TPSA) is 27.0 Å². The van der Waals surface area contributed by atoms with Gasteiger partial charge in [0.2, 0.25) is 0 Å². The van der Waals surface area contributed by atoms with Crippen LogP contribution in [-0.2, 0) is 5.41 Å². The van der Waals surface area contributed by atoms with Crippen LogP contribution in [0.5, 0.6) is 0 Å². The highest BCUT2D eigenvalue weighted by atomic mass is 32.2. The highest BCUT2D eigenvalue weighted by Gasteiger charge is 2.31. The summed E-state index contributed by atoms with van der Waals surface area (Å²) in [5.41, 5.74) is 0.763. The number of hydrogen-bond acceptors (Lipinski definition) is 3. The van der Waals surface area contributed by atoms with Crippen LogP contribution in [0.1, 0.15) is 24.8 Å². The van der Waals surface area contributed by atoms with Crippen LogP contribution in [-0.4, -0.2) is 31.3 Å².